The van der Waals surface area contributed by atoms with Crippen molar-refractivity contribution in [1.82, 2.24) is 4.72 Å². The van der Waals surface area contributed by atoms with E-state index in [0.29, 0.717) is 12.5 Å². The second-order valence-electron chi connectivity index (χ2n) is 7.26. The zero-order valence-electron chi connectivity index (χ0n) is 18.4. The predicted molar refractivity (Wildman–Crippen MR) is 116 cm³/mol. The molecule has 1 fully saturated rings. The summed E-state index contributed by atoms with van der Waals surface area (Å²) in [6, 6.07) is 5.31. The smallest absolute Gasteiger partial charge is 0.264 e. The van der Waals surface area contributed by atoms with Crippen molar-refractivity contribution in [3.63, 3.8) is 0 Å². The molecule has 1 aromatic carbocycles. The molecule has 1 aliphatic rings. The molecular formula is C16H25NO13S4. The summed E-state index contributed by atoms with van der Waals surface area (Å²) in [5.41, 5.74) is 0. The third kappa shape index (κ3) is 8.77. The Hall–Kier alpha value is -1.22. The van der Waals surface area contributed by atoms with Gasteiger partial charge >= 0.3 is 0 Å². The molecular weight excluding hydrogens is 542 g/mol. The lowest BCUT2D eigenvalue weighted by Gasteiger charge is -2.44. The van der Waals surface area contributed by atoms with Crippen LogP contribution in [0, 0.1) is 0 Å². The summed E-state index contributed by atoms with van der Waals surface area (Å²) < 4.78 is 124. The summed E-state index contributed by atoms with van der Waals surface area (Å²) >= 11 is 0. The minimum atomic E-state index is -4.34. The summed E-state index contributed by atoms with van der Waals surface area (Å²) in [4.78, 5) is -0.203. The van der Waals surface area contributed by atoms with Gasteiger partial charge in [0, 0.05) is 7.11 Å². The summed E-state index contributed by atoms with van der Waals surface area (Å²) in [5, 5.41) is 0. The quantitative estimate of drug-likeness (QED) is 0.300. The third-order valence-corrected chi connectivity index (χ3v) is 7.42. The Bertz CT molecular complexity index is 1260. The van der Waals surface area contributed by atoms with Crippen LogP contribution in [0.4, 0.5) is 0 Å². The maximum absolute atomic E-state index is 12.9. The van der Waals surface area contributed by atoms with Gasteiger partial charge in [-0.3, -0.25) is 12.5 Å². The first-order chi connectivity index (χ1) is 15.4. The van der Waals surface area contributed by atoms with E-state index in [-0.39, 0.29) is 4.90 Å². The zero-order chi connectivity index (χ0) is 25.9. The molecule has 34 heavy (non-hydrogen) atoms. The average molecular weight is 568 g/mol. The van der Waals surface area contributed by atoms with Crippen LogP contribution >= 0.6 is 0 Å². The number of ether oxygens (including phenoxy) is 2. The van der Waals surface area contributed by atoms with Gasteiger partial charge in [-0.05, 0) is 12.1 Å². The Labute approximate surface area is 198 Å². The Morgan fingerprint density at radius 2 is 1.35 bits per heavy atom. The summed E-state index contributed by atoms with van der Waals surface area (Å²) in [6.45, 7) is -0.819. The topological polar surface area (TPSA) is 195 Å². The van der Waals surface area contributed by atoms with Crippen LogP contribution in [0.15, 0.2) is 35.2 Å². The lowest BCUT2D eigenvalue weighted by molar-refractivity contribution is -0.248. The molecule has 0 bridgehead atoms. The highest BCUT2D eigenvalue weighted by Crippen LogP contribution is 2.30. The molecule has 5 atom stereocenters. The van der Waals surface area contributed by atoms with Crippen LogP contribution in [0.1, 0.15) is 0 Å². The average Bonchev–Trinajstić information content (AvgIpc) is 2.67. The van der Waals surface area contributed by atoms with Gasteiger partial charge in [-0.1, -0.05) is 18.2 Å². The molecule has 1 heterocycles. The fraction of sp³-hybridized carbons (Fsp3) is 0.625. The minimum Gasteiger partial charge on any atom is -0.354 e. The molecule has 0 aromatic heterocycles. The van der Waals surface area contributed by atoms with Crippen LogP contribution in [-0.2, 0) is 62.4 Å². The molecule has 0 amide bonds. The van der Waals surface area contributed by atoms with Crippen molar-refractivity contribution in [1.29, 1.82) is 0 Å². The number of hydrogen-bond acceptors (Lipinski definition) is 13. The maximum atomic E-state index is 12.9. The van der Waals surface area contributed by atoms with E-state index in [0.717, 1.165) is 13.4 Å². The molecule has 1 aliphatic heterocycles. The van der Waals surface area contributed by atoms with Crippen molar-refractivity contribution < 1.29 is 55.7 Å². The lowest BCUT2D eigenvalue weighted by Crippen LogP contribution is -2.66. The number of sulfonamides is 1. The van der Waals surface area contributed by atoms with Crippen molar-refractivity contribution >= 4 is 40.4 Å². The molecule has 196 valence electrons. The first-order valence-electron chi connectivity index (χ1n) is 9.28. The normalized spacial score (nSPS) is 26.9. The van der Waals surface area contributed by atoms with Crippen LogP contribution in [0.5, 0.6) is 0 Å². The summed E-state index contributed by atoms with van der Waals surface area (Å²) in [6.07, 6.45) is -4.87. The van der Waals surface area contributed by atoms with E-state index < -0.39 is 77.6 Å². The van der Waals surface area contributed by atoms with E-state index in [1.165, 1.54) is 24.3 Å². The van der Waals surface area contributed by atoms with Crippen molar-refractivity contribution in [2.24, 2.45) is 0 Å². The predicted octanol–water partition coefficient (Wildman–Crippen LogP) is -1.63. The fourth-order valence-corrected chi connectivity index (χ4v) is 5.94. The van der Waals surface area contributed by atoms with Gasteiger partial charge in [0.05, 0.1) is 30.3 Å². The standard InChI is InChI=1S/C16H25NO13S4/c1-26-16-13(17-34(24,25)11-8-6-5-7-9-11)15(30-33(4,22)23)14(29-32(3,20)21)12(28-16)10-27-31(2,18)19/h5-9,12-17H,10H2,1-4H3/t12?,13?,14-,15+,16?/m1/s1. The Morgan fingerprint density at radius 3 is 1.82 bits per heavy atom. The van der Waals surface area contributed by atoms with Crippen molar-refractivity contribution in [3.05, 3.63) is 30.3 Å². The van der Waals surface area contributed by atoms with Crippen LogP contribution in [0.3, 0.4) is 0 Å². The van der Waals surface area contributed by atoms with E-state index in [1.54, 1.807) is 6.07 Å². The highest BCUT2D eigenvalue weighted by Gasteiger charge is 2.52. The molecule has 1 aromatic rings. The van der Waals surface area contributed by atoms with Gasteiger partial charge in [0.1, 0.15) is 24.4 Å². The van der Waals surface area contributed by atoms with Gasteiger partial charge in [-0.2, -0.15) is 25.3 Å². The molecule has 0 radical (unpaired) electrons. The molecule has 1 N–H and O–H groups in total. The van der Waals surface area contributed by atoms with E-state index >= 15 is 0 Å². The second-order valence-corrected chi connectivity index (χ2v) is 13.8. The van der Waals surface area contributed by atoms with Crippen LogP contribution in [0.2, 0.25) is 0 Å². The second kappa shape index (κ2) is 10.8. The van der Waals surface area contributed by atoms with E-state index in [4.69, 9.17) is 17.8 Å². The van der Waals surface area contributed by atoms with Gasteiger partial charge in [0.2, 0.25) is 10.0 Å². The number of nitrogens with one attached hydrogen (secondary N) is 1. The number of benzene rings is 1. The fourth-order valence-electron chi connectivity index (χ4n) is 3.04. The SMILES string of the molecule is COC1OC(COS(C)(=O)=O)[C@@H](OS(C)(=O)=O)[C@@H](OS(C)(=O)=O)C1NS(=O)(=O)c1ccccc1. The van der Waals surface area contributed by atoms with Crippen molar-refractivity contribution in [3.8, 4) is 0 Å². The molecule has 1 saturated heterocycles. The first kappa shape index (κ1) is 29.0. The molecule has 0 aliphatic carbocycles. The zero-order valence-corrected chi connectivity index (χ0v) is 21.7. The van der Waals surface area contributed by atoms with E-state index in [9.17, 15) is 33.7 Å². The summed E-state index contributed by atoms with van der Waals surface area (Å²) in [7, 11) is -15.9. The van der Waals surface area contributed by atoms with Gasteiger partial charge in [-0.15, -0.1) is 0 Å². The van der Waals surface area contributed by atoms with E-state index in [1.807, 2.05) is 0 Å². The van der Waals surface area contributed by atoms with Crippen molar-refractivity contribution in [2.75, 3.05) is 32.5 Å². The Morgan fingerprint density at radius 1 is 0.824 bits per heavy atom. The lowest BCUT2D eigenvalue weighted by atomic mass is 9.98. The Kier molecular flexibility index (Phi) is 9.22. The monoisotopic (exact) mass is 567 g/mol. The van der Waals surface area contributed by atoms with Crippen LogP contribution in [0.25, 0.3) is 0 Å². The summed E-state index contributed by atoms with van der Waals surface area (Å²) in [5.74, 6) is 0. The number of rotatable bonds is 11. The Balaban J connectivity index is 2.57. The van der Waals surface area contributed by atoms with Gasteiger partial charge in [0.25, 0.3) is 30.4 Å². The van der Waals surface area contributed by atoms with Gasteiger partial charge in [0.15, 0.2) is 6.29 Å². The first-order valence-corrected chi connectivity index (χ1v) is 16.2. The van der Waals surface area contributed by atoms with Crippen LogP contribution < -0.4 is 4.72 Å². The number of hydrogen-bond donors (Lipinski definition) is 1. The molecule has 3 unspecified atom stereocenters. The third-order valence-electron chi connectivity index (χ3n) is 4.24. The molecule has 14 nitrogen and oxygen atoms in total. The maximum Gasteiger partial charge on any atom is 0.264 e. The minimum absolute atomic E-state index is 0.203. The highest BCUT2D eigenvalue weighted by molar-refractivity contribution is 7.89. The molecule has 0 saturated carbocycles. The molecule has 2 rings (SSSR count). The van der Waals surface area contributed by atoms with Gasteiger partial charge in [-0.25, -0.2) is 13.1 Å². The largest absolute Gasteiger partial charge is 0.354 e. The van der Waals surface area contributed by atoms with Gasteiger partial charge < -0.3 is 9.47 Å². The number of methoxy groups -OCH3 is 1. The van der Waals surface area contributed by atoms with E-state index in [2.05, 4.69) is 8.91 Å². The highest BCUT2D eigenvalue weighted by atomic mass is 32.2. The molecule has 18 heteroatoms. The van der Waals surface area contributed by atoms with Crippen molar-refractivity contribution in [2.45, 2.75) is 35.5 Å². The molecule has 0 spiro atoms. The van der Waals surface area contributed by atoms with Crippen LogP contribution in [-0.4, -0.2) is 96.8 Å².